The summed E-state index contributed by atoms with van der Waals surface area (Å²) in [4.78, 5) is 4.51. The number of phenols is 1. The van der Waals surface area contributed by atoms with Gasteiger partial charge in [0.15, 0.2) is 0 Å². The van der Waals surface area contributed by atoms with Crippen molar-refractivity contribution in [3.63, 3.8) is 0 Å². The van der Waals surface area contributed by atoms with E-state index in [9.17, 15) is 5.11 Å². The van der Waals surface area contributed by atoms with Crippen molar-refractivity contribution >= 4 is 11.3 Å². The number of aromatic nitrogens is 1. The van der Waals surface area contributed by atoms with Gasteiger partial charge in [-0.3, -0.25) is 0 Å². The minimum Gasteiger partial charge on any atom is -0.508 e. The largest absolute Gasteiger partial charge is 0.508 e. The van der Waals surface area contributed by atoms with Crippen molar-refractivity contribution in [1.29, 1.82) is 0 Å². The van der Waals surface area contributed by atoms with E-state index >= 15 is 0 Å². The average Bonchev–Trinajstić information content (AvgIpc) is 2.68. The van der Waals surface area contributed by atoms with Gasteiger partial charge in [-0.05, 0) is 13.0 Å². The molecule has 1 aromatic heterocycles. The number of nitrogens with two attached hydrogens (primary N) is 1. The lowest BCUT2D eigenvalue weighted by Crippen LogP contribution is -2.17. The smallest absolute Gasteiger partial charge is 0.119 e. The van der Waals surface area contributed by atoms with Gasteiger partial charge in [-0.1, -0.05) is 18.2 Å². The molecular formula is C13H16N2OS. The van der Waals surface area contributed by atoms with Gasteiger partial charge in [0.1, 0.15) is 5.75 Å². The molecule has 1 heterocycles. The van der Waals surface area contributed by atoms with Crippen LogP contribution in [0.4, 0.5) is 0 Å². The second kappa shape index (κ2) is 5.29. The predicted molar refractivity (Wildman–Crippen MR) is 70.4 cm³/mol. The number of rotatable bonds is 4. The Kier molecular flexibility index (Phi) is 3.76. The van der Waals surface area contributed by atoms with Crippen molar-refractivity contribution < 1.29 is 5.11 Å². The van der Waals surface area contributed by atoms with Crippen LogP contribution < -0.4 is 5.73 Å². The first-order valence-corrected chi connectivity index (χ1v) is 6.49. The van der Waals surface area contributed by atoms with Crippen LogP contribution in [0.5, 0.6) is 5.75 Å². The molecule has 0 saturated heterocycles. The quantitative estimate of drug-likeness (QED) is 0.873. The molecule has 90 valence electrons. The summed E-state index contributed by atoms with van der Waals surface area (Å²) in [7, 11) is 0. The van der Waals surface area contributed by atoms with E-state index in [1.807, 2.05) is 30.5 Å². The van der Waals surface area contributed by atoms with E-state index in [1.54, 1.807) is 17.4 Å². The zero-order valence-corrected chi connectivity index (χ0v) is 10.6. The third-order valence-corrected chi connectivity index (χ3v) is 3.36. The van der Waals surface area contributed by atoms with Crippen molar-refractivity contribution in [1.82, 2.24) is 4.98 Å². The Morgan fingerprint density at radius 1 is 1.41 bits per heavy atom. The van der Waals surface area contributed by atoms with Gasteiger partial charge in [0, 0.05) is 29.8 Å². The number of hydrogen-bond acceptors (Lipinski definition) is 4. The molecule has 0 radical (unpaired) electrons. The second-order valence-corrected chi connectivity index (χ2v) is 5.16. The van der Waals surface area contributed by atoms with Crippen LogP contribution in [0, 0.1) is 0 Å². The van der Waals surface area contributed by atoms with E-state index in [4.69, 9.17) is 5.73 Å². The lowest BCUT2D eigenvalue weighted by atomic mass is 10.1. The minimum atomic E-state index is 0.134. The average molecular weight is 248 g/mol. The lowest BCUT2D eigenvalue weighted by Gasteiger charge is -2.01. The van der Waals surface area contributed by atoms with Crippen molar-refractivity contribution in [2.75, 3.05) is 0 Å². The predicted octanol–water partition coefficient (Wildman–Crippen LogP) is 2.33. The molecule has 0 fully saturated rings. The molecular weight excluding hydrogens is 232 g/mol. The van der Waals surface area contributed by atoms with Gasteiger partial charge in [-0.15, -0.1) is 11.3 Å². The number of hydrogen-bond donors (Lipinski definition) is 2. The van der Waals surface area contributed by atoms with Crippen LogP contribution >= 0.6 is 11.3 Å². The molecule has 1 atom stereocenters. The van der Waals surface area contributed by atoms with Crippen LogP contribution in [-0.4, -0.2) is 16.1 Å². The summed E-state index contributed by atoms with van der Waals surface area (Å²) in [6, 6.07) is 7.50. The maximum atomic E-state index is 9.68. The first kappa shape index (κ1) is 12.1. The summed E-state index contributed by atoms with van der Waals surface area (Å²) in [6.07, 6.45) is 1.48. The van der Waals surface area contributed by atoms with Gasteiger partial charge in [0.05, 0.1) is 10.7 Å². The van der Waals surface area contributed by atoms with Crippen LogP contribution in [-0.2, 0) is 12.8 Å². The van der Waals surface area contributed by atoms with Crippen molar-refractivity contribution in [2.24, 2.45) is 5.73 Å². The number of para-hydroxylation sites is 1. The summed E-state index contributed by atoms with van der Waals surface area (Å²) in [6.45, 7) is 1.97. The van der Waals surface area contributed by atoms with Crippen LogP contribution in [0.1, 0.15) is 23.2 Å². The van der Waals surface area contributed by atoms with Gasteiger partial charge in [-0.2, -0.15) is 0 Å². The highest BCUT2D eigenvalue weighted by Crippen LogP contribution is 2.21. The molecule has 2 aromatic rings. The van der Waals surface area contributed by atoms with Crippen molar-refractivity contribution in [3.05, 3.63) is 45.9 Å². The summed E-state index contributed by atoms with van der Waals surface area (Å²) in [5, 5.41) is 12.7. The molecule has 0 aliphatic heterocycles. The van der Waals surface area contributed by atoms with Gasteiger partial charge in [0.2, 0.25) is 0 Å². The number of aromatic hydroxyl groups is 1. The Bertz CT molecular complexity index is 494. The molecule has 1 unspecified atom stereocenters. The third-order valence-electron chi connectivity index (χ3n) is 2.46. The standard InChI is InChI=1S/C13H16N2OS/c1-9(14)6-11-8-17-13(15-11)7-10-4-2-3-5-12(10)16/h2-5,8-9,16H,6-7,14H2,1H3. The van der Waals surface area contributed by atoms with E-state index in [-0.39, 0.29) is 6.04 Å². The highest BCUT2D eigenvalue weighted by atomic mass is 32.1. The molecule has 0 bridgehead atoms. The number of thiazole rings is 1. The van der Waals surface area contributed by atoms with Crippen LogP contribution in [0.3, 0.4) is 0 Å². The lowest BCUT2D eigenvalue weighted by molar-refractivity contribution is 0.469. The molecule has 0 amide bonds. The summed E-state index contributed by atoms with van der Waals surface area (Å²) in [5.41, 5.74) is 7.68. The summed E-state index contributed by atoms with van der Waals surface area (Å²) in [5.74, 6) is 0.330. The van der Waals surface area contributed by atoms with E-state index in [0.717, 1.165) is 22.7 Å². The highest BCUT2D eigenvalue weighted by molar-refractivity contribution is 7.09. The molecule has 0 saturated carbocycles. The Balaban J connectivity index is 2.09. The molecule has 2 rings (SSSR count). The van der Waals surface area contributed by atoms with Gasteiger partial charge in [0.25, 0.3) is 0 Å². The molecule has 0 aliphatic carbocycles. The first-order valence-electron chi connectivity index (χ1n) is 5.61. The zero-order chi connectivity index (χ0) is 12.3. The second-order valence-electron chi connectivity index (χ2n) is 4.22. The Morgan fingerprint density at radius 2 is 2.18 bits per heavy atom. The van der Waals surface area contributed by atoms with E-state index in [1.165, 1.54) is 0 Å². The molecule has 3 N–H and O–H groups in total. The van der Waals surface area contributed by atoms with E-state index in [2.05, 4.69) is 4.98 Å². The Labute approximate surface area is 105 Å². The zero-order valence-electron chi connectivity index (χ0n) is 9.76. The first-order chi connectivity index (χ1) is 8.15. The Hall–Kier alpha value is -1.39. The van der Waals surface area contributed by atoms with E-state index in [0.29, 0.717) is 12.2 Å². The fourth-order valence-corrected chi connectivity index (χ4v) is 2.51. The molecule has 3 nitrogen and oxygen atoms in total. The van der Waals surface area contributed by atoms with E-state index < -0.39 is 0 Å². The summed E-state index contributed by atoms with van der Waals surface area (Å²) >= 11 is 1.62. The minimum absolute atomic E-state index is 0.134. The molecule has 17 heavy (non-hydrogen) atoms. The molecule has 1 aromatic carbocycles. The van der Waals surface area contributed by atoms with Crippen LogP contribution in [0.25, 0.3) is 0 Å². The molecule has 4 heteroatoms. The number of nitrogens with zero attached hydrogens (tertiary/aromatic N) is 1. The van der Waals surface area contributed by atoms with Gasteiger partial charge >= 0.3 is 0 Å². The fraction of sp³-hybridized carbons (Fsp3) is 0.308. The topological polar surface area (TPSA) is 59.1 Å². The maximum Gasteiger partial charge on any atom is 0.119 e. The monoisotopic (exact) mass is 248 g/mol. The highest BCUT2D eigenvalue weighted by Gasteiger charge is 2.07. The van der Waals surface area contributed by atoms with Crippen LogP contribution in [0.2, 0.25) is 0 Å². The van der Waals surface area contributed by atoms with Gasteiger partial charge < -0.3 is 10.8 Å². The maximum absolute atomic E-state index is 9.68. The summed E-state index contributed by atoms with van der Waals surface area (Å²) < 4.78 is 0. The Morgan fingerprint density at radius 3 is 2.88 bits per heavy atom. The normalized spacial score (nSPS) is 12.6. The number of benzene rings is 1. The third kappa shape index (κ3) is 3.28. The molecule has 0 aliphatic rings. The van der Waals surface area contributed by atoms with Crippen LogP contribution in [0.15, 0.2) is 29.6 Å². The van der Waals surface area contributed by atoms with Crippen molar-refractivity contribution in [2.45, 2.75) is 25.8 Å². The fourth-order valence-electron chi connectivity index (χ4n) is 1.68. The SMILES string of the molecule is CC(N)Cc1csc(Cc2ccccc2O)n1. The molecule has 0 spiro atoms. The van der Waals surface area contributed by atoms with Gasteiger partial charge in [-0.25, -0.2) is 4.98 Å². The van der Waals surface area contributed by atoms with Crippen molar-refractivity contribution in [3.8, 4) is 5.75 Å². The number of phenolic OH excluding ortho intramolecular Hbond substituents is 1.